The molecule has 1 aromatic heterocycles. The van der Waals surface area contributed by atoms with Crippen LogP contribution in [0.15, 0.2) is 24.4 Å². The molecule has 1 aromatic carbocycles. The molecule has 3 rings (SSSR count). The van der Waals surface area contributed by atoms with E-state index in [0.717, 1.165) is 23.6 Å². The summed E-state index contributed by atoms with van der Waals surface area (Å²) in [6.45, 7) is 1.61. The molecule has 1 aliphatic rings. The number of fused-ring (bicyclic) bond motifs is 1. The summed E-state index contributed by atoms with van der Waals surface area (Å²) in [6, 6.07) is 5.49. The van der Waals surface area contributed by atoms with Gasteiger partial charge >= 0.3 is 0 Å². The van der Waals surface area contributed by atoms with Crippen molar-refractivity contribution in [2.75, 3.05) is 12.9 Å². The van der Waals surface area contributed by atoms with Gasteiger partial charge in [-0.05, 0) is 55.7 Å². The second-order valence-electron chi connectivity index (χ2n) is 7.66. The van der Waals surface area contributed by atoms with Crippen molar-refractivity contribution in [3.8, 4) is 23.7 Å². The van der Waals surface area contributed by atoms with Crippen LogP contribution in [0.25, 0.3) is 10.9 Å². The third-order valence-electron chi connectivity index (χ3n) is 5.45. The number of aliphatic hydroxyl groups excluding tert-OH is 1. The van der Waals surface area contributed by atoms with Crippen LogP contribution in [0.3, 0.4) is 0 Å². The lowest BCUT2D eigenvalue weighted by molar-refractivity contribution is -0.131. The molecule has 1 amide bonds. The Balaban J connectivity index is 1.72. The van der Waals surface area contributed by atoms with Crippen LogP contribution in [0.5, 0.6) is 0 Å². The van der Waals surface area contributed by atoms with E-state index in [1.54, 1.807) is 10.9 Å². The quantitative estimate of drug-likeness (QED) is 0.353. The van der Waals surface area contributed by atoms with Gasteiger partial charge in [0.25, 0.3) is 5.91 Å². The lowest BCUT2D eigenvalue weighted by atomic mass is 10.1. The number of sulfone groups is 1. The van der Waals surface area contributed by atoms with Crippen molar-refractivity contribution in [2.24, 2.45) is 11.8 Å². The Morgan fingerprint density at radius 3 is 2.80 bits per heavy atom. The topological polar surface area (TPSA) is 122 Å². The minimum atomic E-state index is -3.76. The van der Waals surface area contributed by atoms with Gasteiger partial charge in [0.05, 0.1) is 5.52 Å². The first-order valence-corrected chi connectivity index (χ1v) is 11.3. The first kappa shape index (κ1) is 21.8. The fourth-order valence-corrected chi connectivity index (χ4v) is 3.89. The number of aromatic nitrogens is 2. The van der Waals surface area contributed by atoms with Crippen LogP contribution in [0.2, 0.25) is 0 Å². The fraction of sp³-hybridized carbons (Fsp3) is 0.429. The molecule has 3 atom stereocenters. The number of nitrogens with one attached hydrogen (secondary N) is 1. The molecule has 1 unspecified atom stereocenters. The second kappa shape index (κ2) is 8.49. The Bertz CT molecular complexity index is 1200. The van der Waals surface area contributed by atoms with Gasteiger partial charge in [-0.15, -0.1) is 0 Å². The number of aliphatic hydroxyl groups is 1. The summed E-state index contributed by atoms with van der Waals surface area (Å²) < 4.78 is 23.9. The number of hydroxylamine groups is 1. The molecule has 0 bridgehead atoms. The minimum Gasteiger partial charge on any atom is -0.396 e. The van der Waals surface area contributed by atoms with Gasteiger partial charge in [-0.25, -0.2) is 13.9 Å². The zero-order chi connectivity index (χ0) is 21.9. The third-order valence-corrected chi connectivity index (χ3v) is 7.48. The number of carbonyl (C=O) groups excluding carboxylic acids is 1. The van der Waals surface area contributed by atoms with E-state index in [2.05, 4.69) is 28.8 Å². The van der Waals surface area contributed by atoms with Crippen LogP contribution < -0.4 is 5.48 Å². The number of amides is 1. The maximum atomic E-state index is 12.1. The Labute approximate surface area is 175 Å². The Morgan fingerprint density at radius 2 is 2.17 bits per heavy atom. The van der Waals surface area contributed by atoms with Gasteiger partial charge in [0.15, 0.2) is 14.6 Å². The van der Waals surface area contributed by atoms with Crippen LogP contribution in [0, 0.1) is 35.5 Å². The molecule has 8 nitrogen and oxygen atoms in total. The molecule has 1 heterocycles. The van der Waals surface area contributed by atoms with E-state index in [9.17, 15) is 13.2 Å². The average molecular weight is 429 g/mol. The van der Waals surface area contributed by atoms with Gasteiger partial charge in [0.1, 0.15) is 0 Å². The summed E-state index contributed by atoms with van der Waals surface area (Å²) in [5.41, 5.74) is 2.92. The predicted molar refractivity (Wildman–Crippen MR) is 111 cm³/mol. The molecule has 9 heteroatoms. The molecule has 2 aromatic rings. The summed E-state index contributed by atoms with van der Waals surface area (Å²) in [5.74, 6) is 11.2. The molecule has 1 saturated carbocycles. The molecule has 0 spiro atoms. The Hall–Kier alpha value is -2.85. The largest absolute Gasteiger partial charge is 0.396 e. The normalized spacial score (nSPS) is 19.7. The summed E-state index contributed by atoms with van der Waals surface area (Å²) in [5, 5.41) is 23.1. The number of rotatable bonds is 6. The maximum absolute atomic E-state index is 12.1. The molecule has 1 aliphatic carbocycles. The zero-order valence-corrected chi connectivity index (χ0v) is 17.5. The Kier molecular flexibility index (Phi) is 6.18. The van der Waals surface area contributed by atoms with E-state index in [-0.39, 0.29) is 31.4 Å². The van der Waals surface area contributed by atoms with Crippen molar-refractivity contribution in [2.45, 2.75) is 31.1 Å². The van der Waals surface area contributed by atoms with Crippen LogP contribution in [0.4, 0.5) is 0 Å². The van der Waals surface area contributed by atoms with Crippen molar-refractivity contribution >= 4 is 26.6 Å². The first-order valence-electron chi connectivity index (χ1n) is 9.41. The van der Waals surface area contributed by atoms with Crippen molar-refractivity contribution in [1.29, 1.82) is 0 Å². The lowest BCUT2D eigenvalue weighted by Gasteiger charge is -2.24. The molecular formula is C21H23N3O5S. The van der Waals surface area contributed by atoms with Gasteiger partial charge in [0, 0.05) is 42.5 Å². The van der Waals surface area contributed by atoms with Crippen molar-refractivity contribution in [1.82, 2.24) is 15.3 Å². The number of hydrogen-bond donors (Lipinski definition) is 3. The number of benzene rings is 1. The fourth-order valence-electron chi connectivity index (χ4n) is 3.04. The highest BCUT2D eigenvalue weighted by atomic mass is 32.2. The van der Waals surface area contributed by atoms with E-state index in [0.29, 0.717) is 5.52 Å². The van der Waals surface area contributed by atoms with Crippen LogP contribution in [-0.2, 0) is 21.2 Å². The monoisotopic (exact) mass is 429 g/mol. The molecule has 0 aliphatic heterocycles. The molecule has 0 saturated heterocycles. The van der Waals surface area contributed by atoms with Crippen molar-refractivity contribution < 1.29 is 23.5 Å². The maximum Gasteiger partial charge on any atom is 0.264 e. The average Bonchev–Trinajstić information content (AvgIpc) is 3.35. The zero-order valence-electron chi connectivity index (χ0n) is 16.7. The molecule has 30 heavy (non-hydrogen) atoms. The molecular weight excluding hydrogens is 406 g/mol. The van der Waals surface area contributed by atoms with Gasteiger partial charge < -0.3 is 5.11 Å². The smallest absolute Gasteiger partial charge is 0.264 e. The third kappa shape index (κ3) is 4.65. The number of aryl methyl sites for hydroxylation is 1. The minimum absolute atomic E-state index is 0.0511. The molecule has 1 fully saturated rings. The van der Waals surface area contributed by atoms with Crippen molar-refractivity contribution in [3.05, 3.63) is 30.0 Å². The lowest BCUT2D eigenvalue weighted by Crippen LogP contribution is -2.49. The highest BCUT2D eigenvalue weighted by Gasteiger charge is 2.43. The highest BCUT2D eigenvalue weighted by molar-refractivity contribution is 7.92. The summed E-state index contributed by atoms with van der Waals surface area (Å²) >= 11 is 0. The summed E-state index contributed by atoms with van der Waals surface area (Å²) in [6.07, 6.45) is 3.59. The predicted octanol–water partition coefficient (Wildman–Crippen LogP) is 0.718. The van der Waals surface area contributed by atoms with Crippen molar-refractivity contribution in [3.63, 3.8) is 0 Å². The second-order valence-corrected chi connectivity index (χ2v) is 10.1. The summed E-state index contributed by atoms with van der Waals surface area (Å²) in [7, 11) is -3.76. The van der Waals surface area contributed by atoms with Gasteiger partial charge in [-0.3, -0.25) is 14.7 Å². The SMILES string of the molecule is C[C@@](CCn1cc2cc(C#CC#CC3C[C@@H]3CO)ccc2n1)(C(=O)NO)S(C)(=O)=O. The first-order chi connectivity index (χ1) is 14.2. The van der Waals surface area contributed by atoms with E-state index < -0.39 is 20.5 Å². The van der Waals surface area contributed by atoms with Gasteiger partial charge in [-0.1, -0.05) is 11.8 Å². The van der Waals surface area contributed by atoms with Gasteiger partial charge in [0.2, 0.25) is 0 Å². The van der Waals surface area contributed by atoms with Crippen LogP contribution in [-0.4, -0.2) is 52.0 Å². The van der Waals surface area contributed by atoms with E-state index in [1.807, 2.05) is 18.2 Å². The van der Waals surface area contributed by atoms with Crippen LogP contribution in [0.1, 0.15) is 25.3 Å². The van der Waals surface area contributed by atoms with E-state index >= 15 is 0 Å². The number of hydrogen-bond acceptors (Lipinski definition) is 6. The standard InChI is InChI=1S/C21H23N3O5S/c1-21(20(26)23-27,30(2,28)29)9-10-24-13-17-11-15(7-8-19(17)22-24)5-3-4-6-16-12-18(16)14-25/h7-8,11,13,16,18,25,27H,9-10,12,14H2,1-2H3,(H,23,26)/t16?,18-,21-/m1/s1. The van der Waals surface area contributed by atoms with E-state index in [4.69, 9.17) is 10.3 Å². The highest BCUT2D eigenvalue weighted by Crippen LogP contribution is 2.36. The van der Waals surface area contributed by atoms with E-state index in [1.165, 1.54) is 12.4 Å². The van der Waals surface area contributed by atoms with Crippen LogP contribution >= 0.6 is 0 Å². The summed E-state index contributed by atoms with van der Waals surface area (Å²) in [4.78, 5) is 11.9. The van der Waals surface area contributed by atoms with Gasteiger partial charge in [-0.2, -0.15) is 5.10 Å². The number of nitrogens with zero attached hydrogens (tertiary/aromatic N) is 2. The Morgan fingerprint density at radius 1 is 1.40 bits per heavy atom. The molecule has 0 radical (unpaired) electrons. The molecule has 158 valence electrons. The molecule has 3 N–H and O–H groups in total. The number of carbonyl (C=O) groups is 1.